The van der Waals surface area contributed by atoms with E-state index in [4.69, 9.17) is 15.2 Å². The molecule has 0 aliphatic carbocycles. The number of aliphatic hydroxyl groups excluding tert-OH is 1. The number of alkyl halides is 7. The van der Waals surface area contributed by atoms with Crippen molar-refractivity contribution in [2.75, 3.05) is 56.6 Å². The van der Waals surface area contributed by atoms with Gasteiger partial charge in [0.05, 0.1) is 51.8 Å². The van der Waals surface area contributed by atoms with Crippen molar-refractivity contribution in [1.82, 2.24) is 14.9 Å². The minimum Gasteiger partial charge on any atom is -0.461 e. The third kappa shape index (κ3) is 5.73. The molecule has 5 heterocycles. The number of hydrogen-bond acceptors (Lipinski definition) is 10. The van der Waals surface area contributed by atoms with Gasteiger partial charge in [-0.3, -0.25) is 4.90 Å². The number of rotatable bonds is 6. The van der Waals surface area contributed by atoms with Crippen LogP contribution in [-0.4, -0.2) is 83.8 Å². The Bertz CT molecular complexity index is 2030. The van der Waals surface area contributed by atoms with E-state index in [-0.39, 0.29) is 50.1 Å². The lowest BCUT2D eigenvalue weighted by molar-refractivity contribution is -0.141. The Morgan fingerprint density at radius 1 is 1.14 bits per heavy atom. The fourth-order valence-electron chi connectivity index (χ4n) is 7.49. The molecule has 0 unspecified atom stereocenters. The molecule has 3 aliphatic heterocycles. The summed E-state index contributed by atoms with van der Waals surface area (Å²) < 4.78 is 132. The average molecular weight is 729 g/mol. The van der Waals surface area contributed by atoms with E-state index in [1.54, 1.807) is 6.07 Å². The van der Waals surface area contributed by atoms with Gasteiger partial charge in [0.2, 0.25) is 0 Å². The molecule has 3 fully saturated rings. The highest BCUT2D eigenvalue weighted by atomic mass is 32.1. The van der Waals surface area contributed by atoms with Gasteiger partial charge in [-0.1, -0.05) is 6.07 Å². The van der Waals surface area contributed by atoms with E-state index < -0.39 is 97.4 Å². The van der Waals surface area contributed by atoms with Crippen LogP contribution in [0.5, 0.6) is 6.01 Å². The molecule has 3 atom stereocenters. The van der Waals surface area contributed by atoms with Gasteiger partial charge in [0.15, 0.2) is 0 Å². The second-order valence-corrected chi connectivity index (χ2v) is 13.7. The predicted molar refractivity (Wildman–Crippen MR) is 167 cm³/mol. The van der Waals surface area contributed by atoms with Gasteiger partial charge < -0.3 is 25.2 Å². The molecule has 266 valence electrons. The summed E-state index contributed by atoms with van der Waals surface area (Å²) in [6.45, 7) is -0.0803. The normalized spacial score (nSPS) is 23.2. The number of benzene rings is 2. The molecule has 0 amide bonds. The molecule has 4 aromatic rings. The third-order valence-corrected chi connectivity index (χ3v) is 10.6. The molecule has 3 N–H and O–H groups in total. The van der Waals surface area contributed by atoms with Crippen molar-refractivity contribution >= 4 is 43.1 Å². The fraction of sp³-hybridized carbons (Fsp3) is 0.469. The SMILES string of the molecule is N#Cc1c(N)sc2c(F)ccc(-c3c(C(F)(F)F)cc4c(N5CCO[C@@H](CO)C5)nc(OC[C@@]56CCCN5C[C@H](F)C6)nc4c3C(F)(F)F)c12. The zero-order valence-corrected chi connectivity index (χ0v) is 26.8. The lowest BCUT2D eigenvalue weighted by Gasteiger charge is -2.34. The number of anilines is 2. The number of thiophene rings is 1. The van der Waals surface area contributed by atoms with Gasteiger partial charge in [-0.2, -0.15) is 41.6 Å². The summed E-state index contributed by atoms with van der Waals surface area (Å²) in [6, 6.07) is 3.08. The van der Waals surface area contributed by atoms with Gasteiger partial charge in [0.25, 0.3) is 0 Å². The highest BCUT2D eigenvalue weighted by Crippen LogP contribution is 2.52. The number of aliphatic hydroxyl groups is 1. The lowest BCUT2D eigenvalue weighted by atomic mass is 9.88. The Balaban J connectivity index is 1.53. The number of aromatic nitrogens is 2. The molecule has 0 radical (unpaired) electrons. The number of fused-ring (bicyclic) bond motifs is 3. The molecular formula is C32H28F8N6O3S. The molecular weight excluding hydrogens is 700 g/mol. The van der Waals surface area contributed by atoms with Crippen LogP contribution in [0.15, 0.2) is 18.2 Å². The van der Waals surface area contributed by atoms with E-state index in [9.17, 15) is 19.1 Å². The van der Waals surface area contributed by atoms with Gasteiger partial charge >= 0.3 is 18.4 Å². The molecule has 3 saturated heterocycles. The zero-order chi connectivity index (χ0) is 35.7. The van der Waals surface area contributed by atoms with E-state index in [2.05, 4.69) is 9.97 Å². The van der Waals surface area contributed by atoms with Crippen molar-refractivity contribution < 1.29 is 49.7 Å². The molecule has 0 saturated carbocycles. The van der Waals surface area contributed by atoms with Crippen molar-refractivity contribution in [3.8, 4) is 23.2 Å². The second-order valence-electron chi connectivity index (χ2n) is 12.6. The number of ether oxygens (including phenoxy) is 2. The van der Waals surface area contributed by atoms with Crippen LogP contribution in [0.3, 0.4) is 0 Å². The first-order valence-corrected chi connectivity index (χ1v) is 16.4. The summed E-state index contributed by atoms with van der Waals surface area (Å²) in [7, 11) is 0. The molecule has 50 heavy (non-hydrogen) atoms. The fourth-order valence-corrected chi connectivity index (χ4v) is 8.44. The van der Waals surface area contributed by atoms with Crippen molar-refractivity contribution in [1.29, 1.82) is 5.26 Å². The number of nitriles is 1. The van der Waals surface area contributed by atoms with Crippen LogP contribution in [0.4, 0.5) is 45.9 Å². The highest BCUT2D eigenvalue weighted by Gasteiger charge is 2.50. The molecule has 2 aromatic heterocycles. The van der Waals surface area contributed by atoms with E-state index in [0.717, 1.165) is 12.5 Å². The van der Waals surface area contributed by atoms with Gasteiger partial charge in [-0.15, -0.1) is 11.3 Å². The maximum absolute atomic E-state index is 15.4. The summed E-state index contributed by atoms with van der Waals surface area (Å²) in [5.74, 6) is -1.31. The molecule has 0 spiro atoms. The Morgan fingerprint density at radius 2 is 1.92 bits per heavy atom. The number of nitrogens with zero attached hydrogens (tertiary/aromatic N) is 5. The first kappa shape index (κ1) is 34.4. The molecule has 9 nitrogen and oxygen atoms in total. The van der Waals surface area contributed by atoms with E-state index in [0.29, 0.717) is 36.4 Å². The maximum atomic E-state index is 15.4. The summed E-state index contributed by atoms with van der Waals surface area (Å²) >= 11 is 0.523. The summed E-state index contributed by atoms with van der Waals surface area (Å²) in [6.07, 6.45) is -11.5. The summed E-state index contributed by atoms with van der Waals surface area (Å²) in [5.41, 5.74) is -1.93. The first-order valence-electron chi connectivity index (χ1n) is 15.6. The van der Waals surface area contributed by atoms with E-state index in [1.807, 2.05) is 4.90 Å². The van der Waals surface area contributed by atoms with Crippen LogP contribution in [-0.2, 0) is 17.1 Å². The quantitative estimate of drug-likeness (QED) is 0.221. The highest BCUT2D eigenvalue weighted by molar-refractivity contribution is 7.23. The lowest BCUT2D eigenvalue weighted by Crippen LogP contribution is -2.45. The number of nitrogen functional groups attached to an aromatic ring is 1. The van der Waals surface area contributed by atoms with Gasteiger partial charge in [0.1, 0.15) is 35.5 Å². The van der Waals surface area contributed by atoms with Gasteiger partial charge in [-0.05, 0) is 37.1 Å². The monoisotopic (exact) mass is 728 g/mol. The predicted octanol–water partition coefficient (Wildman–Crippen LogP) is 6.29. The van der Waals surface area contributed by atoms with Crippen molar-refractivity contribution in [2.45, 2.75) is 49.4 Å². The largest absolute Gasteiger partial charge is 0.461 e. The number of nitrogens with two attached hydrogens (primary N) is 1. The van der Waals surface area contributed by atoms with Crippen molar-refractivity contribution in [3.05, 3.63) is 40.7 Å². The van der Waals surface area contributed by atoms with Crippen molar-refractivity contribution in [3.63, 3.8) is 0 Å². The minimum atomic E-state index is -5.50. The minimum absolute atomic E-state index is 0.00789. The summed E-state index contributed by atoms with van der Waals surface area (Å²) in [5, 5.41) is 18.1. The number of morpholine rings is 1. The topological polar surface area (TPSA) is 121 Å². The zero-order valence-electron chi connectivity index (χ0n) is 26.0. The molecule has 3 aliphatic rings. The van der Waals surface area contributed by atoms with Crippen LogP contribution in [0.2, 0.25) is 0 Å². The Hall–Kier alpha value is -4.05. The van der Waals surface area contributed by atoms with Crippen LogP contribution in [0.25, 0.3) is 32.1 Å². The van der Waals surface area contributed by atoms with Gasteiger partial charge in [0, 0.05) is 42.4 Å². The standard InChI is InChI=1S/C32H28F8N6O3S/c33-15-9-30(4-1-5-46(30)11-15)14-49-29-43-25-18(28(44-29)45-6-7-48-16(12-45)13-47)8-20(31(35,36)37)23(24(25)32(38,39)40)17-2-3-21(34)26-22(17)19(10-41)27(42)50-26/h2-3,8,15-16,47H,1,4-7,9,11-14,42H2/t15-,16-,30+/m1/s1. The molecule has 2 aromatic carbocycles. The molecule has 7 rings (SSSR count). The van der Waals surface area contributed by atoms with Crippen LogP contribution >= 0.6 is 11.3 Å². The average Bonchev–Trinajstić information content (AvgIpc) is 3.71. The van der Waals surface area contributed by atoms with Crippen LogP contribution in [0.1, 0.15) is 36.0 Å². The molecule has 0 bridgehead atoms. The van der Waals surface area contributed by atoms with E-state index >= 15 is 26.3 Å². The Labute approximate surface area is 282 Å². The summed E-state index contributed by atoms with van der Waals surface area (Å²) in [4.78, 5) is 11.7. The first-order chi connectivity index (χ1) is 23.6. The smallest absolute Gasteiger partial charge is 0.419 e. The second kappa shape index (κ2) is 12.3. The van der Waals surface area contributed by atoms with E-state index in [1.165, 1.54) is 4.90 Å². The van der Waals surface area contributed by atoms with Crippen LogP contribution in [0, 0.1) is 17.1 Å². The third-order valence-electron chi connectivity index (χ3n) is 9.61. The maximum Gasteiger partial charge on any atom is 0.419 e. The molecule has 18 heteroatoms. The van der Waals surface area contributed by atoms with Gasteiger partial charge in [-0.25, -0.2) is 8.78 Å². The Morgan fingerprint density at radius 3 is 2.62 bits per heavy atom. The van der Waals surface area contributed by atoms with Crippen molar-refractivity contribution in [2.24, 2.45) is 0 Å². The number of hydrogen-bond donors (Lipinski definition) is 2. The number of halogens is 8. The van der Waals surface area contributed by atoms with Crippen LogP contribution < -0.4 is 15.4 Å². The Kier molecular flexibility index (Phi) is 8.48.